The topological polar surface area (TPSA) is 114 Å². The molecule has 8 nitrogen and oxygen atoms in total. The van der Waals surface area contributed by atoms with Crippen molar-refractivity contribution in [3.63, 3.8) is 0 Å². The van der Waals surface area contributed by atoms with Gasteiger partial charge in [-0.2, -0.15) is 5.26 Å². The molecule has 0 spiro atoms. The third-order valence-electron chi connectivity index (χ3n) is 6.89. The fraction of sp³-hybridized carbons (Fsp3) is 0.391. The van der Waals surface area contributed by atoms with E-state index in [0.29, 0.717) is 28.3 Å². The molecular weight excluding hydrogens is 396 g/mol. The molecular formula is C23H22N4O4. The number of benzene rings is 2. The third kappa shape index (κ3) is 2.26. The van der Waals surface area contributed by atoms with Crippen molar-refractivity contribution in [1.82, 2.24) is 15.1 Å². The first-order valence-electron chi connectivity index (χ1n) is 10.2. The summed E-state index contributed by atoms with van der Waals surface area (Å²) in [6.07, 6.45) is -0.697. The predicted molar refractivity (Wildman–Crippen MR) is 111 cm³/mol. The van der Waals surface area contributed by atoms with E-state index >= 15 is 0 Å². The number of carbonyl (C=O) groups excluding carboxylic acids is 2. The second kappa shape index (κ2) is 5.97. The molecule has 2 aromatic rings. The summed E-state index contributed by atoms with van der Waals surface area (Å²) in [5.74, 6) is -0.503. The van der Waals surface area contributed by atoms with Crippen LogP contribution < -0.4 is 5.32 Å². The van der Waals surface area contributed by atoms with Crippen LogP contribution in [0.2, 0.25) is 0 Å². The number of imide groups is 1. The maximum absolute atomic E-state index is 13.6. The van der Waals surface area contributed by atoms with E-state index in [1.54, 1.807) is 11.0 Å². The van der Waals surface area contributed by atoms with Crippen LogP contribution in [0.15, 0.2) is 30.3 Å². The Morgan fingerprint density at radius 1 is 1.26 bits per heavy atom. The molecule has 3 aliphatic heterocycles. The van der Waals surface area contributed by atoms with Crippen molar-refractivity contribution >= 4 is 28.8 Å². The van der Waals surface area contributed by atoms with Gasteiger partial charge in [-0.15, -0.1) is 0 Å². The highest BCUT2D eigenvalue weighted by Crippen LogP contribution is 2.55. The van der Waals surface area contributed by atoms with Gasteiger partial charge in [-0.25, -0.2) is 9.59 Å². The van der Waals surface area contributed by atoms with E-state index in [-0.39, 0.29) is 12.6 Å². The Morgan fingerprint density at radius 3 is 2.55 bits per heavy atom. The number of nitrogens with one attached hydrogen (secondary N) is 1. The van der Waals surface area contributed by atoms with Crippen LogP contribution in [0.3, 0.4) is 0 Å². The zero-order valence-corrected chi connectivity index (χ0v) is 17.5. The van der Waals surface area contributed by atoms with Crippen LogP contribution in [-0.2, 0) is 15.7 Å². The normalized spacial score (nSPS) is 26.9. The zero-order chi connectivity index (χ0) is 22.3. The van der Waals surface area contributed by atoms with Crippen molar-refractivity contribution in [3.8, 4) is 6.07 Å². The summed E-state index contributed by atoms with van der Waals surface area (Å²) in [4.78, 5) is 41.4. The van der Waals surface area contributed by atoms with Crippen molar-refractivity contribution in [1.29, 1.82) is 5.26 Å². The van der Waals surface area contributed by atoms with Gasteiger partial charge in [0.25, 0.3) is 5.91 Å². The molecule has 0 aliphatic carbocycles. The van der Waals surface area contributed by atoms with Gasteiger partial charge in [0.15, 0.2) is 5.54 Å². The number of amides is 4. The third-order valence-corrected chi connectivity index (χ3v) is 6.89. The molecule has 5 rings (SSSR count). The Bertz CT molecular complexity index is 1220. The molecule has 2 bridgehead atoms. The minimum atomic E-state index is -1.46. The van der Waals surface area contributed by atoms with Crippen molar-refractivity contribution in [2.45, 2.75) is 50.2 Å². The molecule has 3 unspecified atom stereocenters. The van der Waals surface area contributed by atoms with E-state index in [0.717, 1.165) is 5.56 Å². The molecule has 3 atom stereocenters. The SMILES string of the molecule is CC(C)(C)c1cc(C#N)c2ccccc2c1C12C(=O)NC(=O)N1C1CC2N(C(=O)O)C1. The largest absolute Gasteiger partial charge is 0.465 e. The number of carbonyl (C=O) groups is 3. The molecule has 2 N–H and O–H groups in total. The molecule has 4 amide bonds. The summed E-state index contributed by atoms with van der Waals surface area (Å²) in [6, 6.07) is 9.80. The van der Waals surface area contributed by atoms with Crippen molar-refractivity contribution < 1.29 is 19.5 Å². The lowest BCUT2D eigenvalue weighted by Crippen LogP contribution is -2.62. The van der Waals surface area contributed by atoms with Gasteiger partial charge in [0, 0.05) is 12.1 Å². The summed E-state index contributed by atoms with van der Waals surface area (Å²) in [7, 11) is 0. The first-order valence-corrected chi connectivity index (χ1v) is 10.2. The van der Waals surface area contributed by atoms with Gasteiger partial charge in [0.2, 0.25) is 0 Å². The fourth-order valence-corrected chi connectivity index (χ4v) is 5.77. The standard InChI is InChI=1S/C23H22N4O4/c1-22(2,3)16-8-12(10-24)14-6-4-5-7-15(14)18(16)23-17-9-13(11-26(17)21(30)31)27(23)20(29)25-19(23)28/h4-8,13,17H,9,11H2,1-3H3,(H,30,31)(H,25,28,29). The van der Waals surface area contributed by atoms with Crippen LogP contribution in [0.5, 0.6) is 0 Å². The quantitative estimate of drug-likeness (QED) is 0.692. The number of carboxylic acid groups (broad SMARTS) is 1. The number of hydrogen-bond acceptors (Lipinski definition) is 4. The van der Waals surface area contributed by atoms with Crippen LogP contribution in [0, 0.1) is 11.3 Å². The molecule has 0 radical (unpaired) electrons. The molecule has 3 fully saturated rings. The maximum Gasteiger partial charge on any atom is 0.407 e. The van der Waals surface area contributed by atoms with Gasteiger partial charge in [-0.05, 0) is 34.2 Å². The molecule has 2 aromatic carbocycles. The predicted octanol–water partition coefficient (Wildman–Crippen LogP) is 2.89. The second-order valence-corrected chi connectivity index (χ2v) is 9.49. The zero-order valence-electron chi connectivity index (χ0n) is 17.5. The first-order chi connectivity index (χ1) is 14.6. The number of hydrogen-bond donors (Lipinski definition) is 2. The molecule has 8 heteroatoms. The van der Waals surface area contributed by atoms with Gasteiger partial charge in [-0.3, -0.25) is 19.9 Å². The Kier molecular flexibility index (Phi) is 3.73. The van der Waals surface area contributed by atoms with Crippen molar-refractivity contribution in [2.24, 2.45) is 0 Å². The van der Waals surface area contributed by atoms with E-state index in [2.05, 4.69) is 11.4 Å². The minimum absolute atomic E-state index is 0.182. The minimum Gasteiger partial charge on any atom is -0.465 e. The number of urea groups is 1. The summed E-state index contributed by atoms with van der Waals surface area (Å²) in [6.45, 7) is 6.14. The molecule has 158 valence electrons. The summed E-state index contributed by atoms with van der Waals surface area (Å²) < 4.78 is 0. The Labute approximate surface area is 179 Å². The number of piperazine rings is 1. The molecule has 31 heavy (non-hydrogen) atoms. The molecule has 3 saturated heterocycles. The molecule has 3 aliphatic rings. The number of rotatable bonds is 1. The number of nitriles is 1. The van der Waals surface area contributed by atoms with Gasteiger partial charge in [-0.1, -0.05) is 45.0 Å². The van der Waals surface area contributed by atoms with E-state index in [4.69, 9.17) is 0 Å². The highest BCUT2D eigenvalue weighted by atomic mass is 16.4. The molecule has 0 saturated carbocycles. The van der Waals surface area contributed by atoms with E-state index in [1.165, 1.54) is 4.90 Å². The van der Waals surface area contributed by atoms with Crippen LogP contribution in [0.25, 0.3) is 10.8 Å². The van der Waals surface area contributed by atoms with Gasteiger partial charge < -0.3 is 5.11 Å². The number of nitrogens with zero attached hydrogens (tertiary/aromatic N) is 3. The van der Waals surface area contributed by atoms with Gasteiger partial charge >= 0.3 is 12.1 Å². The Balaban J connectivity index is 1.94. The average molecular weight is 418 g/mol. The second-order valence-electron chi connectivity index (χ2n) is 9.49. The summed E-state index contributed by atoms with van der Waals surface area (Å²) >= 11 is 0. The lowest BCUT2D eigenvalue weighted by molar-refractivity contribution is -0.130. The highest BCUT2D eigenvalue weighted by molar-refractivity contribution is 6.12. The average Bonchev–Trinajstić information content (AvgIpc) is 3.36. The summed E-state index contributed by atoms with van der Waals surface area (Å²) in [5.41, 5.74) is -0.0657. The molecule has 3 heterocycles. The first kappa shape index (κ1) is 19.4. The lowest BCUT2D eigenvalue weighted by Gasteiger charge is -2.45. The van der Waals surface area contributed by atoms with E-state index < -0.39 is 35.0 Å². The Morgan fingerprint density at radius 2 is 1.94 bits per heavy atom. The monoisotopic (exact) mass is 418 g/mol. The number of fused-ring (bicyclic) bond motifs is 6. The van der Waals surface area contributed by atoms with E-state index in [9.17, 15) is 24.8 Å². The highest BCUT2D eigenvalue weighted by Gasteiger charge is 2.72. The van der Waals surface area contributed by atoms with Crippen LogP contribution in [-0.4, -0.2) is 51.6 Å². The van der Waals surface area contributed by atoms with Crippen LogP contribution >= 0.6 is 0 Å². The van der Waals surface area contributed by atoms with Crippen LogP contribution in [0.1, 0.15) is 43.9 Å². The van der Waals surface area contributed by atoms with E-state index in [1.807, 2.05) is 45.0 Å². The maximum atomic E-state index is 13.6. The fourth-order valence-electron chi connectivity index (χ4n) is 5.77. The Hall–Kier alpha value is -3.60. The van der Waals surface area contributed by atoms with Gasteiger partial charge in [0.1, 0.15) is 0 Å². The lowest BCUT2D eigenvalue weighted by atomic mass is 9.71. The van der Waals surface area contributed by atoms with Gasteiger partial charge in [0.05, 0.1) is 23.7 Å². The van der Waals surface area contributed by atoms with Crippen molar-refractivity contribution in [3.05, 3.63) is 47.0 Å². The summed E-state index contributed by atoms with van der Waals surface area (Å²) in [5, 5.41) is 23.5. The number of likely N-dealkylation sites (tertiary alicyclic amines) is 1. The van der Waals surface area contributed by atoms with Crippen LogP contribution in [0.4, 0.5) is 9.59 Å². The van der Waals surface area contributed by atoms with Crippen molar-refractivity contribution in [2.75, 3.05) is 6.54 Å². The molecule has 0 aromatic heterocycles. The smallest absolute Gasteiger partial charge is 0.407 e.